The zero-order chi connectivity index (χ0) is 11.6. The summed E-state index contributed by atoms with van der Waals surface area (Å²) in [6, 6.07) is 0. The molecule has 3 nitrogen and oxygen atoms in total. The highest BCUT2D eigenvalue weighted by atomic mass is 16.5. The molecular weight excluding hydrogens is 178 g/mol. The van der Waals surface area contributed by atoms with Crippen molar-refractivity contribution < 1.29 is 9.53 Å². The lowest BCUT2D eigenvalue weighted by Gasteiger charge is -1.99. The van der Waals surface area contributed by atoms with E-state index in [0.717, 1.165) is 6.42 Å². The van der Waals surface area contributed by atoms with Gasteiger partial charge >= 0.3 is 5.97 Å². The van der Waals surface area contributed by atoms with E-state index in [-0.39, 0.29) is 5.97 Å². The highest BCUT2D eigenvalue weighted by molar-refractivity contribution is 5.87. The topological polar surface area (TPSA) is 29.5 Å². The lowest BCUT2D eigenvalue weighted by Crippen LogP contribution is -2.04. The van der Waals surface area contributed by atoms with Crippen LogP contribution in [0.15, 0.2) is 11.6 Å². The molecule has 0 aromatic heterocycles. The van der Waals surface area contributed by atoms with Crippen molar-refractivity contribution >= 4 is 5.97 Å². The number of esters is 1. The molecule has 0 unspecified atom stereocenters. The molecule has 0 saturated heterocycles. The summed E-state index contributed by atoms with van der Waals surface area (Å²) in [4.78, 5) is 12.8. The average molecular weight is 201 g/mol. The normalized spacial score (nSPS) is 10.6. The van der Waals surface area contributed by atoms with Crippen molar-refractivity contribution in [1.29, 1.82) is 0 Å². The number of carbonyl (C=O) groups is 1. The van der Waals surface area contributed by atoms with Gasteiger partial charge in [-0.25, -0.2) is 4.79 Å². The highest BCUT2D eigenvalue weighted by Gasteiger charge is 2.01. The Labute approximate surface area is 87.7 Å². The van der Waals surface area contributed by atoms with Gasteiger partial charge in [0, 0.05) is 5.57 Å². The minimum Gasteiger partial charge on any atom is -0.463 e. The van der Waals surface area contributed by atoms with Crippen molar-refractivity contribution in [2.24, 2.45) is 0 Å². The largest absolute Gasteiger partial charge is 0.463 e. The van der Waals surface area contributed by atoms with Gasteiger partial charge in [-0.05, 0) is 41.4 Å². The molecule has 0 aliphatic heterocycles. The molecule has 0 bridgehead atoms. The average Bonchev–Trinajstić information content (AvgIpc) is 2.04. The third-order valence-corrected chi connectivity index (χ3v) is 1.11. The minimum atomic E-state index is -0.204. The molecule has 0 spiro atoms. The van der Waals surface area contributed by atoms with Crippen LogP contribution in [0.1, 0.15) is 27.2 Å². The summed E-state index contributed by atoms with van der Waals surface area (Å²) in [5.41, 5.74) is 0.698. The first kappa shape index (κ1) is 15.6. The number of hydrogen-bond acceptors (Lipinski definition) is 3. The zero-order valence-corrected chi connectivity index (χ0v) is 10.3. The van der Waals surface area contributed by atoms with Crippen LogP contribution in [-0.2, 0) is 9.53 Å². The maximum atomic E-state index is 10.8. The Bertz CT molecular complexity index is 171. The van der Waals surface area contributed by atoms with Gasteiger partial charge in [0.25, 0.3) is 0 Å². The van der Waals surface area contributed by atoms with E-state index in [4.69, 9.17) is 4.74 Å². The fourth-order valence-corrected chi connectivity index (χ4v) is 0.634. The Kier molecular flexibility index (Phi) is 11.4. The van der Waals surface area contributed by atoms with Gasteiger partial charge in [0.05, 0.1) is 6.61 Å². The van der Waals surface area contributed by atoms with E-state index in [2.05, 4.69) is 0 Å². The van der Waals surface area contributed by atoms with E-state index >= 15 is 0 Å². The second-order valence-electron chi connectivity index (χ2n) is 3.36. The van der Waals surface area contributed by atoms with E-state index in [1.54, 1.807) is 13.8 Å². The fraction of sp³-hybridized carbons (Fsp3) is 0.727. The highest BCUT2D eigenvalue weighted by Crippen LogP contribution is 1.97. The quantitative estimate of drug-likeness (QED) is 0.517. The molecule has 0 atom stereocenters. The lowest BCUT2D eigenvalue weighted by atomic mass is 10.2. The second-order valence-corrected chi connectivity index (χ2v) is 3.36. The monoisotopic (exact) mass is 201 g/mol. The van der Waals surface area contributed by atoms with Crippen molar-refractivity contribution in [3.63, 3.8) is 0 Å². The standard InChI is InChI=1S/C8H14O2.C3H9N/c1-4-6-7(3)8(9)10-5-2;1-4(2)3/h6H,4-5H2,1-3H3;1-3H3. The van der Waals surface area contributed by atoms with Crippen LogP contribution in [-0.4, -0.2) is 38.6 Å². The maximum Gasteiger partial charge on any atom is 0.333 e. The van der Waals surface area contributed by atoms with E-state index in [1.165, 1.54) is 0 Å². The van der Waals surface area contributed by atoms with Crippen molar-refractivity contribution in [1.82, 2.24) is 4.90 Å². The molecule has 3 heteroatoms. The minimum absolute atomic E-state index is 0.204. The first-order valence-electron chi connectivity index (χ1n) is 4.90. The van der Waals surface area contributed by atoms with Crippen LogP contribution < -0.4 is 0 Å². The number of rotatable bonds is 3. The predicted octanol–water partition coefficient (Wildman–Crippen LogP) is 2.08. The predicted molar refractivity (Wildman–Crippen MR) is 60.3 cm³/mol. The van der Waals surface area contributed by atoms with E-state index < -0.39 is 0 Å². The molecule has 0 saturated carbocycles. The number of carbonyl (C=O) groups excluding carboxylic acids is 1. The third kappa shape index (κ3) is 13.7. The summed E-state index contributed by atoms with van der Waals surface area (Å²) >= 11 is 0. The maximum absolute atomic E-state index is 10.8. The Morgan fingerprint density at radius 3 is 2.00 bits per heavy atom. The van der Waals surface area contributed by atoms with E-state index in [0.29, 0.717) is 12.2 Å². The van der Waals surface area contributed by atoms with Gasteiger partial charge in [0.1, 0.15) is 0 Å². The van der Waals surface area contributed by atoms with Crippen molar-refractivity contribution in [2.75, 3.05) is 27.7 Å². The van der Waals surface area contributed by atoms with Crippen LogP contribution >= 0.6 is 0 Å². The summed E-state index contributed by atoms with van der Waals surface area (Å²) in [5, 5.41) is 0. The molecule has 0 rings (SSSR count). The van der Waals surface area contributed by atoms with Crippen LogP contribution in [0.2, 0.25) is 0 Å². The van der Waals surface area contributed by atoms with Crippen LogP contribution in [0, 0.1) is 0 Å². The van der Waals surface area contributed by atoms with Gasteiger partial charge in [0.15, 0.2) is 0 Å². The first-order valence-corrected chi connectivity index (χ1v) is 4.90. The Balaban J connectivity index is 0. The molecule has 0 aliphatic carbocycles. The third-order valence-electron chi connectivity index (χ3n) is 1.11. The molecule has 14 heavy (non-hydrogen) atoms. The second kappa shape index (κ2) is 10.3. The van der Waals surface area contributed by atoms with Gasteiger partial charge in [-0.2, -0.15) is 0 Å². The van der Waals surface area contributed by atoms with Gasteiger partial charge in [-0.1, -0.05) is 13.0 Å². The number of nitrogens with zero attached hydrogens (tertiary/aromatic N) is 1. The summed E-state index contributed by atoms with van der Waals surface area (Å²) in [5.74, 6) is -0.204. The number of ether oxygens (including phenoxy) is 1. The van der Waals surface area contributed by atoms with Crippen LogP contribution in [0.4, 0.5) is 0 Å². The Morgan fingerprint density at radius 2 is 1.71 bits per heavy atom. The number of hydrogen-bond donors (Lipinski definition) is 0. The first-order chi connectivity index (χ1) is 6.45. The Hall–Kier alpha value is -0.830. The van der Waals surface area contributed by atoms with Gasteiger partial charge in [0.2, 0.25) is 0 Å². The van der Waals surface area contributed by atoms with E-state index in [1.807, 2.05) is 39.0 Å². The smallest absolute Gasteiger partial charge is 0.333 e. The van der Waals surface area contributed by atoms with Crippen molar-refractivity contribution in [3.8, 4) is 0 Å². The molecular formula is C11H23NO2. The summed E-state index contributed by atoms with van der Waals surface area (Å²) in [7, 11) is 6.00. The summed E-state index contributed by atoms with van der Waals surface area (Å²) in [6.07, 6.45) is 2.74. The van der Waals surface area contributed by atoms with Crippen LogP contribution in [0.5, 0.6) is 0 Å². The molecule has 0 heterocycles. The SMILES string of the molecule is CCC=C(C)C(=O)OCC.CN(C)C. The summed E-state index contributed by atoms with van der Waals surface area (Å²) < 4.78 is 4.75. The van der Waals surface area contributed by atoms with Crippen LogP contribution in [0.3, 0.4) is 0 Å². The van der Waals surface area contributed by atoms with Crippen LogP contribution in [0.25, 0.3) is 0 Å². The molecule has 0 amide bonds. The van der Waals surface area contributed by atoms with Crippen molar-refractivity contribution in [3.05, 3.63) is 11.6 Å². The van der Waals surface area contributed by atoms with Crippen molar-refractivity contribution in [2.45, 2.75) is 27.2 Å². The van der Waals surface area contributed by atoms with Gasteiger partial charge in [-0.15, -0.1) is 0 Å². The summed E-state index contributed by atoms with van der Waals surface area (Å²) in [6.45, 7) is 6.01. The fourth-order valence-electron chi connectivity index (χ4n) is 0.634. The number of allylic oxidation sites excluding steroid dienone is 1. The Morgan fingerprint density at radius 1 is 1.29 bits per heavy atom. The van der Waals surface area contributed by atoms with E-state index in [9.17, 15) is 4.79 Å². The molecule has 0 aromatic rings. The van der Waals surface area contributed by atoms with Gasteiger partial charge in [-0.3, -0.25) is 0 Å². The molecule has 0 N–H and O–H groups in total. The molecule has 0 aliphatic rings. The molecule has 0 radical (unpaired) electrons. The van der Waals surface area contributed by atoms with Gasteiger partial charge < -0.3 is 9.64 Å². The molecule has 0 aromatic carbocycles. The zero-order valence-electron chi connectivity index (χ0n) is 10.3. The molecule has 0 fully saturated rings. The lowest BCUT2D eigenvalue weighted by molar-refractivity contribution is -0.138. The molecule has 84 valence electrons.